The van der Waals surface area contributed by atoms with E-state index in [4.69, 9.17) is 9.72 Å². The van der Waals surface area contributed by atoms with Crippen LogP contribution in [0, 0.1) is 0 Å². The van der Waals surface area contributed by atoms with Gasteiger partial charge in [0.2, 0.25) is 0 Å². The molecule has 5 rings (SSSR count). The van der Waals surface area contributed by atoms with Gasteiger partial charge in [0, 0.05) is 17.5 Å². The Kier molecular flexibility index (Phi) is 3.43. The highest BCUT2D eigenvalue weighted by molar-refractivity contribution is 7.06. The third-order valence-electron chi connectivity index (χ3n) is 4.59. The summed E-state index contributed by atoms with van der Waals surface area (Å²) in [6, 6.07) is 6.66. The summed E-state index contributed by atoms with van der Waals surface area (Å²) in [5, 5.41) is 10.0. The fourth-order valence-electron chi connectivity index (χ4n) is 3.12. The first-order valence-corrected chi connectivity index (χ1v) is 8.95. The average molecular weight is 339 g/mol. The quantitative estimate of drug-likeness (QED) is 0.794. The van der Waals surface area contributed by atoms with Crippen LogP contribution < -0.4 is 5.32 Å². The lowest BCUT2D eigenvalue weighted by Gasteiger charge is -2.26. The zero-order valence-corrected chi connectivity index (χ0v) is 13.9. The van der Waals surface area contributed by atoms with Gasteiger partial charge in [-0.05, 0) is 36.1 Å². The molecule has 0 saturated carbocycles. The van der Waals surface area contributed by atoms with Crippen molar-refractivity contribution in [3.8, 4) is 11.4 Å². The lowest BCUT2D eigenvalue weighted by Crippen LogP contribution is -2.31. The third-order valence-corrected chi connectivity index (χ3v) is 5.38. The summed E-state index contributed by atoms with van der Waals surface area (Å²) in [6.45, 7) is 3.40. The van der Waals surface area contributed by atoms with Crippen molar-refractivity contribution in [3.63, 3.8) is 0 Å². The Morgan fingerprint density at radius 1 is 1.29 bits per heavy atom. The molecule has 1 N–H and O–H groups in total. The van der Waals surface area contributed by atoms with E-state index in [1.165, 1.54) is 17.1 Å². The topological polar surface area (TPSA) is 64.9 Å². The third kappa shape index (κ3) is 2.36. The van der Waals surface area contributed by atoms with Crippen molar-refractivity contribution in [1.29, 1.82) is 0 Å². The van der Waals surface area contributed by atoms with E-state index in [-0.39, 0.29) is 0 Å². The van der Waals surface area contributed by atoms with Gasteiger partial charge < -0.3 is 10.1 Å². The average Bonchev–Trinajstić information content (AvgIpc) is 3.22. The van der Waals surface area contributed by atoms with Crippen LogP contribution in [0.15, 0.2) is 30.5 Å². The first kappa shape index (κ1) is 14.3. The highest BCUT2D eigenvalue weighted by Gasteiger charge is 2.23. The number of rotatable bonds is 3. The second-order valence-electron chi connectivity index (χ2n) is 6.16. The number of hydrogen-bond acceptors (Lipinski definition) is 6. The summed E-state index contributed by atoms with van der Waals surface area (Å²) in [7, 11) is 0. The molecule has 2 aromatic heterocycles. The minimum absolute atomic E-state index is 0.344. The number of nitrogens with one attached hydrogen (secondary N) is 1. The molecule has 1 saturated heterocycles. The van der Waals surface area contributed by atoms with Gasteiger partial charge in [-0.25, -0.2) is 4.98 Å². The highest BCUT2D eigenvalue weighted by Crippen LogP contribution is 2.29. The van der Waals surface area contributed by atoms with Crippen molar-refractivity contribution < 1.29 is 4.74 Å². The molecule has 6 nitrogen and oxygen atoms in total. The largest absolute Gasteiger partial charge is 0.377 e. The highest BCUT2D eigenvalue weighted by atomic mass is 32.1. The second-order valence-corrected chi connectivity index (χ2v) is 6.91. The van der Waals surface area contributed by atoms with Crippen LogP contribution in [0.5, 0.6) is 0 Å². The van der Waals surface area contributed by atoms with E-state index in [1.54, 1.807) is 0 Å². The predicted octanol–water partition coefficient (Wildman–Crippen LogP) is 2.50. The molecule has 0 atom stereocenters. The van der Waals surface area contributed by atoms with Crippen LogP contribution >= 0.6 is 11.5 Å². The van der Waals surface area contributed by atoms with Crippen LogP contribution in [-0.4, -0.2) is 45.4 Å². The van der Waals surface area contributed by atoms with Gasteiger partial charge in [-0.1, -0.05) is 18.2 Å². The van der Waals surface area contributed by atoms with Gasteiger partial charge in [0.25, 0.3) is 0 Å². The Balaban J connectivity index is 1.52. The Bertz CT molecular complexity index is 924. The molecule has 2 aliphatic heterocycles. The lowest BCUT2D eigenvalue weighted by atomic mass is 10.1. The molecule has 7 heteroatoms. The molecule has 122 valence electrons. The van der Waals surface area contributed by atoms with E-state index < -0.39 is 0 Å². The number of hydrogen-bond donors (Lipinski definition) is 1. The molecule has 0 aliphatic carbocycles. The molecule has 0 unspecified atom stereocenters. The number of nitrogens with zero attached hydrogens (tertiary/aromatic N) is 4. The molecule has 0 amide bonds. The normalized spacial score (nSPS) is 18.6. The molecular formula is C17H17N5OS. The SMILES string of the molecule is C1=C(c2nc(-c3ccc4cnn(C5COC5)c4c3)ns2)CCNC1. The number of fused-ring (bicyclic) bond motifs is 1. The monoisotopic (exact) mass is 339 g/mol. The minimum atomic E-state index is 0.344. The fraction of sp³-hybridized carbons (Fsp3) is 0.353. The van der Waals surface area contributed by atoms with Crippen molar-refractivity contribution in [2.75, 3.05) is 26.3 Å². The Hall–Kier alpha value is -2.09. The molecule has 0 bridgehead atoms. The number of aromatic nitrogens is 4. The maximum Gasteiger partial charge on any atom is 0.173 e. The zero-order valence-electron chi connectivity index (χ0n) is 13.1. The lowest BCUT2D eigenvalue weighted by molar-refractivity contribution is -0.0266. The van der Waals surface area contributed by atoms with Gasteiger partial charge >= 0.3 is 0 Å². The maximum atomic E-state index is 5.30. The van der Waals surface area contributed by atoms with Crippen molar-refractivity contribution in [2.24, 2.45) is 0 Å². The van der Waals surface area contributed by atoms with Crippen LogP contribution in [0.25, 0.3) is 27.9 Å². The van der Waals surface area contributed by atoms with E-state index in [2.05, 4.69) is 43.7 Å². The molecule has 4 heterocycles. The van der Waals surface area contributed by atoms with Gasteiger partial charge in [-0.2, -0.15) is 9.47 Å². The molecule has 0 spiro atoms. The van der Waals surface area contributed by atoms with E-state index in [0.29, 0.717) is 6.04 Å². The molecule has 0 radical (unpaired) electrons. The van der Waals surface area contributed by atoms with Gasteiger partial charge in [-0.3, -0.25) is 4.68 Å². The van der Waals surface area contributed by atoms with E-state index in [9.17, 15) is 0 Å². The summed E-state index contributed by atoms with van der Waals surface area (Å²) >= 11 is 1.48. The molecule has 1 aromatic carbocycles. The van der Waals surface area contributed by atoms with E-state index in [1.807, 2.05) is 6.20 Å². The first-order chi connectivity index (χ1) is 11.9. The summed E-state index contributed by atoms with van der Waals surface area (Å²) in [5.74, 6) is 0.800. The van der Waals surface area contributed by atoms with Crippen molar-refractivity contribution in [2.45, 2.75) is 12.5 Å². The first-order valence-electron chi connectivity index (χ1n) is 8.18. The van der Waals surface area contributed by atoms with E-state index in [0.717, 1.165) is 60.0 Å². The Morgan fingerprint density at radius 3 is 3.04 bits per heavy atom. The van der Waals surface area contributed by atoms with Crippen LogP contribution in [0.2, 0.25) is 0 Å². The van der Waals surface area contributed by atoms with Gasteiger partial charge in [0.05, 0.1) is 31.0 Å². The fourth-order valence-corrected chi connectivity index (χ4v) is 3.87. The molecule has 2 aliphatic rings. The number of benzene rings is 1. The summed E-state index contributed by atoms with van der Waals surface area (Å²) < 4.78 is 11.9. The predicted molar refractivity (Wildman–Crippen MR) is 94.0 cm³/mol. The van der Waals surface area contributed by atoms with Gasteiger partial charge in [0.1, 0.15) is 5.01 Å². The van der Waals surface area contributed by atoms with Crippen LogP contribution in [0.1, 0.15) is 17.5 Å². The second kappa shape index (κ2) is 5.77. The number of ether oxygens (including phenoxy) is 1. The van der Waals surface area contributed by atoms with Gasteiger partial charge in [-0.15, -0.1) is 0 Å². The molecule has 1 fully saturated rings. The standard InChI is InChI=1S/C17H17N5OS/c1-2-13-8-19-22(14-9-23-10-14)15(13)7-12(1)16-20-17(24-21-16)11-3-5-18-6-4-11/h1-3,7-8,14,18H,4-6,9-10H2. The molecular weight excluding hydrogens is 322 g/mol. The summed E-state index contributed by atoms with van der Waals surface area (Å²) in [6.07, 6.45) is 5.14. The zero-order chi connectivity index (χ0) is 15.9. The molecule has 3 aromatic rings. The van der Waals surface area contributed by atoms with Crippen molar-refractivity contribution >= 4 is 28.0 Å². The summed E-state index contributed by atoms with van der Waals surface area (Å²) in [5.41, 5.74) is 3.47. The van der Waals surface area contributed by atoms with Crippen LogP contribution in [0.3, 0.4) is 0 Å². The molecule has 24 heavy (non-hydrogen) atoms. The van der Waals surface area contributed by atoms with Crippen molar-refractivity contribution in [1.82, 2.24) is 24.5 Å². The minimum Gasteiger partial charge on any atom is -0.377 e. The van der Waals surface area contributed by atoms with Crippen LogP contribution in [-0.2, 0) is 4.74 Å². The Morgan fingerprint density at radius 2 is 2.25 bits per heavy atom. The smallest absolute Gasteiger partial charge is 0.173 e. The summed E-state index contributed by atoms with van der Waals surface area (Å²) in [4.78, 5) is 4.76. The van der Waals surface area contributed by atoms with Crippen molar-refractivity contribution in [3.05, 3.63) is 35.5 Å². The van der Waals surface area contributed by atoms with E-state index >= 15 is 0 Å². The Labute approximate surface area is 143 Å². The van der Waals surface area contributed by atoms with Crippen LogP contribution in [0.4, 0.5) is 0 Å². The van der Waals surface area contributed by atoms with Gasteiger partial charge in [0.15, 0.2) is 5.82 Å². The maximum absolute atomic E-state index is 5.30.